The Hall–Kier alpha value is -0.580. The molecule has 15 heavy (non-hydrogen) atoms. The Morgan fingerprint density at radius 1 is 1.20 bits per heavy atom. The van der Waals surface area contributed by atoms with Crippen LogP contribution < -0.4 is 0 Å². The van der Waals surface area contributed by atoms with E-state index in [2.05, 4.69) is 26.2 Å². The number of hydrogen-bond donors (Lipinski definition) is 0. The topological polar surface area (TPSA) is 30.7 Å². The molecule has 3 nitrogen and oxygen atoms in total. The largest absolute Gasteiger partial charge is 0.220 e. The lowest BCUT2D eigenvalue weighted by atomic mass is 10.3. The summed E-state index contributed by atoms with van der Waals surface area (Å²) in [7, 11) is 0. The second-order valence-electron chi connectivity index (χ2n) is 2.92. The van der Waals surface area contributed by atoms with Crippen LogP contribution in [0.5, 0.6) is 0 Å². The molecule has 78 valence electrons. The molecule has 0 aliphatic carbocycles. The highest BCUT2D eigenvalue weighted by Crippen LogP contribution is 2.21. The minimum absolute atomic E-state index is 0.577. The maximum atomic E-state index is 5.89. The summed E-state index contributed by atoms with van der Waals surface area (Å²) in [6.45, 7) is 0. The highest BCUT2D eigenvalue weighted by Gasteiger charge is 2.03. The molecule has 0 spiro atoms. The molecule has 2 aromatic rings. The maximum absolute atomic E-state index is 5.89. The zero-order valence-corrected chi connectivity index (χ0v) is 10.6. The quantitative estimate of drug-likeness (QED) is 0.795. The molecule has 0 unspecified atom stereocenters. The molecule has 6 heteroatoms. The molecule has 0 aliphatic heterocycles. The number of hydrogen-bond acceptors (Lipinski definition) is 2. The third kappa shape index (κ3) is 2.51. The van der Waals surface area contributed by atoms with Gasteiger partial charge in [0.1, 0.15) is 0 Å². The predicted molar refractivity (Wildman–Crippen MR) is 64.0 cm³/mol. The fourth-order valence-electron chi connectivity index (χ4n) is 1.16. The van der Waals surface area contributed by atoms with Crippen molar-refractivity contribution in [1.82, 2.24) is 15.0 Å². The molecule has 0 saturated heterocycles. The molecular formula is C9H6BrCl2N3. The predicted octanol–water partition coefficient (Wildman–Crippen LogP) is 3.47. The van der Waals surface area contributed by atoms with Crippen LogP contribution in [-0.4, -0.2) is 15.0 Å². The first-order valence-corrected chi connectivity index (χ1v) is 6.00. The van der Waals surface area contributed by atoms with E-state index < -0.39 is 0 Å². The number of nitrogens with zero attached hydrogens (tertiary/aromatic N) is 3. The van der Waals surface area contributed by atoms with Gasteiger partial charge in [-0.15, -0.1) is 5.10 Å². The van der Waals surface area contributed by atoms with E-state index in [9.17, 15) is 0 Å². The summed E-state index contributed by atoms with van der Waals surface area (Å²) in [5, 5.41) is 9.73. The van der Waals surface area contributed by atoms with Gasteiger partial charge in [0, 0.05) is 15.4 Å². The van der Waals surface area contributed by atoms with Crippen LogP contribution in [0, 0.1) is 0 Å². The Kier molecular flexibility index (Phi) is 3.29. The molecule has 1 heterocycles. The molecular weight excluding hydrogens is 301 g/mol. The van der Waals surface area contributed by atoms with Crippen LogP contribution in [0.2, 0.25) is 10.0 Å². The Bertz CT molecular complexity index is 464. The standard InChI is InChI=1S/C9H6BrCl2N3/c10-4-8-5-15(14-13-8)9-2-6(11)1-7(12)3-9/h1-3,5H,4H2. The van der Waals surface area contributed by atoms with E-state index in [1.165, 1.54) is 0 Å². The highest BCUT2D eigenvalue weighted by molar-refractivity contribution is 9.08. The van der Waals surface area contributed by atoms with Crippen molar-refractivity contribution >= 4 is 39.1 Å². The fourth-order valence-corrected chi connectivity index (χ4v) is 1.93. The molecule has 0 N–H and O–H groups in total. The number of halogens is 3. The summed E-state index contributed by atoms with van der Waals surface area (Å²) in [4.78, 5) is 0. The van der Waals surface area contributed by atoms with Gasteiger partial charge >= 0.3 is 0 Å². The molecule has 0 aliphatic rings. The van der Waals surface area contributed by atoms with Gasteiger partial charge in [-0.2, -0.15) is 0 Å². The van der Waals surface area contributed by atoms with Crippen molar-refractivity contribution in [1.29, 1.82) is 0 Å². The molecule has 1 aromatic heterocycles. The van der Waals surface area contributed by atoms with Crippen LogP contribution in [0.15, 0.2) is 24.4 Å². The summed E-state index contributed by atoms with van der Waals surface area (Å²) in [6.07, 6.45) is 1.82. The van der Waals surface area contributed by atoms with Crippen LogP contribution in [0.4, 0.5) is 0 Å². The van der Waals surface area contributed by atoms with Crippen LogP contribution in [0.1, 0.15) is 5.69 Å². The second kappa shape index (κ2) is 4.51. The van der Waals surface area contributed by atoms with Crippen molar-refractivity contribution in [3.63, 3.8) is 0 Å². The van der Waals surface area contributed by atoms with Gasteiger partial charge in [0.05, 0.1) is 17.6 Å². The average molecular weight is 307 g/mol. The van der Waals surface area contributed by atoms with Crippen molar-refractivity contribution in [3.8, 4) is 5.69 Å². The van der Waals surface area contributed by atoms with E-state index in [0.29, 0.717) is 15.4 Å². The van der Waals surface area contributed by atoms with Gasteiger partial charge in [-0.05, 0) is 18.2 Å². The SMILES string of the molecule is Clc1cc(Cl)cc(-n2cc(CBr)nn2)c1. The number of rotatable bonds is 2. The van der Waals surface area contributed by atoms with Gasteiger partial charge in [-0.1, -0.05) is 44.3 Å². The van der Waals surface area contributed by atoms with E-state index in [1.54, 1.807) is 22.9 Å². The monoisotopic (exact) mass is 305 g/mol. The van der Waals surface area contributed by atoms with Crippen molar-refractivity contribution < 1.29 is 0 Å². The lowest BCUT2D eigenvalue weighted by Crippen LogP contribution is -1.94. The molecule has 0 amide bonds. The van der Waals surface area contributed by atoms with Crippen molar-refractivity contribution in [2.24, 2.45) is 0 Å². The number of aromatic nitrogens is 3. The molecule has 0 bridgehead atoms. The summed E-state index contributed by atoms with van der Waals surface area (Å²) in [6, 6.07) is 5.23. The molecule has 0 fully saturated rings. The van der Waals surface area contributed by atoms with Gasteiger partial charge in [-0.25, -0.2) is 4.68 Å². The molecule has 0 radical (unpaired) electrons. The third-order valence-corrected chi connectivity index (χ3v) is 2.80. The first-order valence-electron chi connectivity index (χ1n) is 4.12. The van der Waals surface area contributed by atoms with Crippen LogP contribution >= 0.6 is 39.1 Å². The minimum Gasteiger partial charge on any atom is -0.220 e. The smallest absolute Gasteiger partial charge is 0.0937 e. The lowest BCUT2D eigenvalue weighted by Gasteiger charge is -2.01. The van der Waals surface area contributed by atoms with Gasteiger partial charge in [0.25, 0.3) is 0 Å². The third-order valence-electron chi connectivity index (χ3n) is 1.79. The van der Waals surface area contributed by atoms with E-state index in [1.807, 2.05) is 6.20 Å². The summed E-state index contributed by atoms with van der Waals surface area (Å²) in [5.41, 5.74) is 1.65. The Morgan fingerprint density at radius 2 is 1.87 bits per heavy atom. The summed E-state index contributed by atoms with van der Waals surface area (Å²) >= 11 is 15.1. The highest BCUT2D eigenvalue weighted by atomic mass is 79.9. The Labute approximate surface area is 105 Å². The molecule has 2 rings (SSSR count). The van der Waals surface area contributed by atoms with Gasteiger partial charge < -0.3 is 0 Å². The van der Waals surface area contributed by atoms with E-state index in [-0.39, 0.29) is 0 Å². The van der Waals surface area contributed by atoms with Gasteiger partial charge in [0.2, 0.25) is 0 Å². The summed E-state index contributed by atoms with van der Waals surface area (Å²) in [5.74, 6) is 0. The maximum Gasteiger partial charge on any atom is 0.0937 e. The zero-order valence-electron chi connectivity index (χ0n) is 7.49. The van der Waals surface area contributed by atoms with Crippen LogP contribution in [-0.2, 0) is 5.33 Å². The van der Waals surface area contributed by atoms with E-state index in [0.717, 1.165) is 11.4 Å². The Balaban J connectivity index is 2.44. The first-order chi connectivity index (χ1) is 7.19. The van der Waals surface area contributed by atoms with Gasteiger partial charge in [-0.3, -0.25) is 0 Å². The molecule has 1 aromatic carbocycles. The molecule has 0 atom stereocenters. The zero-order chi connectivity index (χ0) is 10.8. The minimum atomic E-state index is 0.577. The van der Waals surface area contributed by atoms with Gasteiger partial charge in [0.15, 0.2) is 0 Å². The lowest BCUT2D eigenvalue weighted by molar-refractivity contribution is 0.800. The normalized spacial score (nSPS) is 10.6. The second-order valence-corrected chi connectivity index (χ2v) is 4.35. The Morgan fingerprint density at radius 3 is 2.40 bits per heavy atom. The molecule has 0 saturated carbocycles. The number of alkyl halides is 1. The fraction of sp³-hybridized carbons (Fsp3) is 0.111. The van der Waals surface area contributed by atoms with Crippen molar-refractivity contribution in [3.05, 3.63) is 40.1 Å². The summed E-state index contributed by atoms with van der Waals surface area (Å²) < 4.78 is 1.63. The van der Waals surface area contributed by atoms with E-state index in [4.69, 9.17) is 23.2 Å². The van der Waals surface area contributed by atoms with Crippen molar-refractivity contribution in [2.45, 2.75) is 5.33 Å². The van der Waals surface area contributed by atoms with E-state index >= 15 is 0 Å². The van der Waals surface area contributed by atoms with Crippen LogP contribution in [0.25, 0.3) is 5.69 Å². The number of benzene rings is 1. The van der Waals surface area contributed by atoms with Crippen LogP contribution in [0.3, 0.4) is 0 Å². The average Bonchev–Trinajstić information content (AvgIpc) is 2.64. The van der Waals surface area contributed by atoms with Crippen molar-refractivity contribution in [2.75, 3.05) is 0 Å². The first kappa shape index (κ1) is 10.9.